The maximum absolute atomic E-state index is 13.4. The van der Waals surface area contributed by atoms with Crippen molar-refractivity contribution in [2.24, 2.45) is 0 Å². The van der Waals surface area contributed by atoms with E-state index in [9.17, 15) is 13.2 Å². The molecule has 0 aromatic heterocycles. The molecule has 0 spiro atoms. The molecule has 1 aliphatic rings. The van der Waals surface area contributed by atoms with Crippen molar-refractivity contribution in [3.63, 3.8) is 0 Å². The first-order valence-electron chi connectivity index (χ1n) is 6.22. The topological polar surface area (TPSA) is 27.7 Å². The van der Waals surface area contributed by atoms with Gasteiger partial charge in [0, 0.05) is 5.46 Å². The first-order chi connectivity index (χ1) is 9.12. The van der Waals surface area contributed by atoms with E-state index in [1.165, 1.54) is 0 Å². The fraction of sp³-hybridized carbons (Fsp3) is 0.538. The lowest BCUT2D eigenvalue weighted by atomic mass is 9.78. The first kappa shape index (κ1) is 15.2. The van der Waals surface area contributed by atoms with Crippen LogP contribution in [0.5, 0.6) is 5.75 Å². The van der Waals surface area contributed by atoms with Crippen molar-refractivity contribution in [1.29, 1.82) is 0 Å². The summed E-state index contributed by atoms with van der Waals surface area (Å²) in [5.41, 5.74) is -1.18. The number of hydrogen-bond donors (Lipinski definition) is 0. The van der Waals surface area contributed by atoms with E-state index in [-0.39, 0.29) is 11.2 Å². The van der Waals surface area contributed by atoms with Gasteiger partial charge in [0.15, 0.2) is 0 Å². The van der Waals surface area contributed by atoms with Crippen LogP contribution < -0.4 is 10.2 Å². The molecule has 0 atom stereocenters. The van der Waals surface area contributed by atoms with E-state index in [0.29, 0.717) is 0 Å². The number of ether oxygens (including phenoxy) is 1. The highest BCUT2D eigenvalue weighted by Crippen LogP contribution is 2.37. The second kappa shape index (κ2) is 4.97. The lowest BCUT2D eigenvalue weighted by molar-refractivity contribution is -0.0493. The average molecular weight is 288 g/mol. The molecule has 2 rings (SSSR count). The summed E-state index contributed by atoms with van der Waals surface area (Å²) in [5, 5.41) is 0. The highest BCUT2D eigenvalue weighted by molar-refractivity contribution is 6.63. The normalized spacial score (nSPS) is 20.5. The molecule has 0 radical (unpaired) electrons. The van der Waals surface area contributed by atoms with Gasteiger partial charge in [-0.1, -0.05) is 0 Å². The van der Waals surface area contributed by atoms with E-state index < -0.39 is 30.7 Å². The Balaban J connectivity index is 2.36. The summed E-state index contributed by atoms with van der Waals surface area (Å²) in [4.78, 5) is 0. The molecule has 0 aliphatic carbocycles. The fourth-order valence-corrected chi connectivity index (χ4v) is 1.88. The summed E-state index contributed by atoms with van der Waals surface area (Å²) in [6.07, 6.45) is 0. The Bertz CT molecular complexity index is 490. The third-order valence-electron chi connectivity index (χ3n) is 3.70. The Morgan fingerprint density at radius 3 is 2.15 bits per heavy atom. The first-order valence-corrected chi connectivity index (χ1v) is 6.22. The number of alkyl halides is 2. The van der Waals surface area contributed by atoms with E-state index in [1.807, 2.05) is 27.7 Å². The lowest BCUT2D eigenvalue weighted by Crippen LogP contribution is -2.41. The minimum atomic E-state index is -3.00. The molecule has 0 saturated carbocycles. The SMILES string of the molecule is CC1(C)OB(c2cc(F)ccc2OC(F)F)OC1(C)C. The predicted molar refractivity (Wildman–Crippen MR) is 68.7 cm³/mol. The van der Waals surface area contributed by atoms with Gasteiger partial charge in [-0.25, -0.2) is 4.39 Å². The summed E-state index contributed by atoms with van der Waals surface area (Å²) in [7, 11) is -0.954. The van der Waals surface area contributed by atoms with Gasteiger partial charge in [-0.2, -0.15) is 8.78 Å². The van der Waals surface area contributed by atoms with Crippen LogP contribution in [0.3, 0.4) is 0 Å². The van der Waals surface area contributed by atoms with Crippen LogP contribution in [0.15, 0.2) is 18.2 Å². The minimum absolute atomic E-state index is 0.115. The number of halogens is 3. The lowest BCUT2D eigenvalue weighted by Gasteiger charge is -2.32. The summed E-state index contributed by atoms with van der Waals surface area (Å²) in [6.45, 7) is 4.28. The minimum Gasteiger partial charge on any atom is -0.435 e. The van der Waals surface area contributed by atoms with Crippen LogP contribution >= 0.6 is 0 Å². The van der Waals surface area contributed by atoms with Gasteiger partial charge in [0.25, 0.3) is 0 Å². The largest absolute Gasteiger partial charge is 0.498 e. The molecular weight excluding hydrogens is 272 g/mol. The molecule has 1 aliphatic heterocycles. The number of benzene rings is 1. The molecule has 1 aromatic carbocycles. The van der Waals surface area contributed by atoms with Crippen molar-refractivity contribution in [3.05, 3.63) is 24.0 Å². The van der Waals surface area contributed by atoms with E-state index in [2.05, 4.69) is 4.74 Å². The van der Waals surface area contributed by atoms with Gasteiger partial charge in [0.1, 0.15) is 11.6 Å². The maximum Gasteiger partial charge on any atom is 0.498 e. The Hall–Kier alpha value is -1.21. The van der Waals surface area contributed by atoms with E-state index >= 15 is 0 Å². The monoisotopic (exact) mass is 288 g/mol. The molecule has 0 bridgehead atoms. The van der Waals surface area contributed by atoms with Gasteiger partial charge in [-0.15, -0.1) is 0 Å². The number of hydrogen-bond acceptors (Lipinski definition) is 3. The second-order valence-electron chi connectivity index (χ2n) is 5.65. The third kappa shape index (κ3) is 2.78. The number of rotatable bonds is 3. The van der Waals surface area contributed by atoms with Gasteiger partial charge in [0.05, 0.1) is 11.2 Å². The molecule has 7 heteroatoms. The maximum atomic E-state index is 13.4. The van der Waals surface area contributed by atoms with Crippen molar-refractivity contribution in [2.45, 2.75) is 45.5 Å². The van der Waals surface area contributed by atoms with Gasteiger partial charge < -0.3 is 14.0 Å². The van der Waals surface area contributed by atoms with Crippen LogP contribution in [0.2, 0.25) is 0 Å². The molecule has 0 amide bonds. The molecule has 0 N–H and O–H groups in total. The van der Waals surface area contributed by atoms with Gasteiger partial charge >= 0.3 is 13.7 Å². The van der Waals surface area contributed by atoms with Crippen molar-refractivity contribution < 1.29 is 27.2 Å². The van der Waals surface area contributed by atoms with Gasteiger partial charge in [-0.3, -0.25) is 0 Å². The predicted octanol–water partition coefficient (Wildman–Crippen LogP) is 2.73. The second-order valence-corrected chi connectivity index (χ2v) is 5.65. The van der Waals surface area contributed by atoms with Gasteiger partial charge in [0.2, 0.25) is 0 Å². The fourth-order valence-electron chi connectivity index (χ4n) is 1.88. The Morgan fingerprint density at radius 1 is 1.10 bits per heavy atom. The summed E-state index contributed by atoms with van der Waals surface area (Å²) < 4.78 is 54.0. The molecule has 1 aromatic rings. The van der Waals surface area contributed by atoms with E-state index in [0.717, 1.165) is 18.2 Å². The molecular formula is C13H16BF3O3. The molecule has 110 valence electrons. The van der Waals surface area contributed by atoms with Crippen LogP contribution in [0.4, 0.5) is 13.2 Å². The summed E-state index contributed by atoms with van der Waals surface area (Å²) in [6, 6.07) is 3.27. The Kier molecular flexibility index (Phi) is 3.77. The average Bonchev–Trinajstić information content (AvgIpc) is 2.50. The highest BCUT2D eigenvalue weighted by atomic mass is 19.3. The van der Waals surface area contributed by atoms with Crippen molar-refractivity contribution in [1.82, 2.24) is 0 Å². The van der Waals surface area contributed by atoms with Gasteiger partial charge in [-0.05, 0) is 45.9 Å². The zero-order valence-electron chi connectivity index (χ0n) is 11.7. The van der Waals surface area contributed by atoms with Crippen LogP contribution in [-0.4, -0.2) is 24.9 Å². The van der Waals surface area contributed by atoms with Crippen molar-refractivity contribution in [3.8, 4) is 5.75 Å². The van der Waals surface area contributed by atoms with E-state index in [1.54, 1.807) is 0 Å². The molecule has 1 heterocycles. The van der Waals surface area contributed by atoms with Crippen LogP contribution in [0, 0.1) is 5.82 Å². The molecule has 1 fully saturated rings. The van der Waals surface area contributed by atoms with Crippen LogP contribution in [0.25, 0.3) is 0 Å². The van der Waals surface area contributed by atoms with Crippen molar-refractivity contribution in [2.75, 3.05) is 0 Å². The molecule has 20 heavy (non-hydrogen) atoms. The summed E-state index contributed by atoms with van der Waals surface area (Å²) in [5.74, 6) is -0.726. The molecule has 3 nitrogen and oxygen atoms in total. The zero-order chi connectivity index (χ0) is 15.1. The van der Waals surface area contributed by atoms with Crippen LogP contribution in [-0.2, 0) is 9.31 Å². The Labute approximate surface area is 116 Å². The smallest absolute Gasteiger partial charge is 0.435 e. The third-order valence-corrected chi connectivity index (χ3v) is 3.70. The quantitative estimate of drug-likeness (QED) is 0.800. The standard InChI is InChI=1S/C13H16BF3O3/c1-12(2)13(3,4)20-14(19-12)9-7-8(15)5-6-10(9)18-11(16)17/h5-7,11H,1-4H3. The molecule has 1 saturated heterocycles. The van der Waals surface area contributed by atoms with Crippen molar-refractivity contribution >= 4 is 12.6 Å². The zero-order valence-corrected chi connectivity index (χ0v) is 11.7. The Morgan fingerprint density at radius 2 is 1.65 bits per heavy atom. The summed E-state index contributed by atoms with van der Waals surface area (Å²) >= 11 is 0. The van der Waals surface area contributed by atoms with E-state index in [4.69, 9.17) is 9.31 Å². The molecule has 0 unspecified atom stereocenters. The van der Waals surface area contributed by atoms with Crippen LogP contribution in [0.1, 0.15) is 27.7 Å². The highest BCUT2D eigenvalue weighted by Gasteiger charge is 2.52.